The van der Waals surface area contributed by atoms with Gasteiger partial charge in [-0.1, -0.05) is 6.92 Å². The molecule has 0 unspecified atom stereocenters. The van der Waals surface area contributed by atoms with E-state index in [1.54, 1.807) is 12.1 Å². The molecular weight excluding hydrogens is 282 g/mol. The van der Waals surface area contributed by atoms with Crippen molar-refractivity contribution in [2.24, 2.45) is 0 Å². The van der Waals surface area contributed by atoms with Crippen LogP contribution in [-0.4, -0.2) is 28.5 Å². The third-order valence-electron chi connectivity index (χ3n) is 2.91. The number of carbonyl (C=O) groups excluding carboxylic acids is 1. The van der Waals surface area contributed by atoms with E-state index in [0.717, 1.165) is 25.8 Å². The maximum Gasteiger partial charge on any atom is 0.254 e. The van der Waals surface area contributed by atoms with E-state index in [-0.39, 0.29) is 11.7 Å². The number of benzene rings is 1. The molecule has 0 bridgehead atoms. The number of amides is 1. The van der Waals surface area contributed by atoms with Crippen molar-refractivity contribution in [2.45, 2.75) is 32.2 Å². The summed E-state index contributed by atoms with van der Waals surface area (Å²) in [6.07, 6.45) is 3.17. The highest BCUT2D eigenvalue weighted by Gasteiger charge is 2.32. The van der Waals surface area contributed by atoms with Gasteiger partial charge in [0.1, 0.15) is 5.75 Å². The zero-order chi connectivity index (χ0) is 12.4. The Bertz CT molecular complexity index is 429. The van der Waals surface area contributed by atoms with Gasteiger partial charge in [-0.15, -0.1) is 0 Å². The van der Waals surface area contributed by atoms with Crippen LogP contribution in [-0.2, 0) is 0 Å². The van der Waals surface area contributed by atoms with Gasteiger partial charge in [-0.3, -0.25) is 4.79 Å². The average Bonchev–Trinajstić information content (AvgIpc) is 3.13. The van der Waals surface area contributed by atoms with Gasteiger partial charge >= 0.3 is 0 Å². The van der Waals surface area contributed by atoms with Gasteiger partial charge in [-0.05, 0) is 53.4 Å². The summed E-state index contributed by atoms with van der Waals surface area (Å²) in [6, 6.07) is 5.39. The predicted molar refractivity (Wildman–Crippen MR) is 70.2 cm³/mol. The Morgan fingerprint density at radius 1 is 1.53 bits per heavy atom. The van der Waals surface area contributed by atoms with Gasteiger partial charge in [-0.25, -0.2) is 0 Å². The smallest absolute Gasteiger partial charge is 0.254 e. The van der Waals surface area contributed by atoms with Crippen LogP contribution in [0.5, 0.6) is 5.75 Å². The number of nitrogens with zero attached hydrogens (tertiary/aromatic N) is 1. The Balaban J connectivity index is 2.19. The van der Waals surface area contributed by atoms with Gasteiger partial charge in [0.25, 0.3) is 5.91 Å². The third-order valence-corrected chi connectivity index (χ3v) is 3.58. The summed E-state index contributed by atoms with van der Waals surface area (Å²) in [5, 5.41) is 9.60. The Morgan fingerprint density at radius 3 is 2.76 bits per heavy atom. The number of rotatable bonds is 4. The summed E-state index contributed by atoms with van der Waals surface area (Å²) < 4.78 is 0.613. The Hall–Kier alpha value is -1.03. The molecule has 1 aliphatic carbocycles. The fraction of sp³-hybridized carbons (Fsp3) is 0.462. The van der Waals surface area contributed by atoms with Crippen molar-refractivity contribution in [3.8, 4) is 5.75 Å². The summed E-state index contributed by atoms with van der Waals surface area (Å²) >= 11 is 3.21. The average molecular weight is 298 g/mol. The van der Waals surface area contributed by atoms with Gasteiger partial charge < -0.3 is 10.0 Å². The van der Waals surface area contributed by atoms with Crippen LogP contribution in [0.25, 0.3) is 0 Å². The molecule has 1 amide bonds. The molecule has 0 aromatic heterocycles. The van der Waals surface area contributed by atoms with Crippen LogP contribution in [0.4, 0.5) is 0 Å². The standard InChI is InChI=1S/C13H16BrNO2/c1-2-7-15(10-4-5-10)13(17)9-3-6-11(14)12(16)8-9/h3,6,8,10,16H,2,4-5,7H2,1H3. The zero-order valence-electron chi connectivity index (χ0n) is 9.82. The monoisotopic (exact) mass is 297 g/mol. The molecule has 0 radical (unpaired) electrons. The van der Waals surface area contributed by atoms with Crippen molar-refractivity contribution in [3.63, 3.8) is 0 Å². The van der Waals surface area contributed by atoms with Gasteiger partial charge in [0.15, 0.2) is 0 Å². The molecule has 0 atom stereocenters. The number of aromatic hydroxyl groups is 1. The Kier molecular flexibility index (Phi) is 3.72. The van der Waals surface area contributed by atoms with Crippen molar-refractivity contribution in [2.75, 3.05) is 6.54 Å². The Labute approximate surface area is 110 Å². The highest BCUT2D eigenvalue weighted by molar-refractivity contribution is 9.10. The SMILES string of the molecule is CCCN(C(=O)c1ccc(Br)c(O)c1)C1CC1. The molecule has 1 N–H and O–H groups in total. The van der Waals surface area contributed by atoms with Crippen LogP contribution < -0.4 is 0 Å². The van der Waals surface area contributed by atoms with Crippen LogP contribution in [0.1, 0.15) is 36.5 Å². The van der Waals surface area contributed by atoms with Crippen LogP contribution in [0.2, 0.25) is 0 Å². The van der Waals surface area contributed by atoms with Crippen LogP contribution in [0.15, 0.2) is 22.7 Å². The summed E-state index contributed by atoms with van der Waals surface area (Å²) in [6.45, 7) is 2.86. The number of carbonyl (C=O) groups is 1. The summed E-state index contributed by atoms with van der Waals surface area (Å²) in [7, 11) is 0. The normalized spacial score (nSPS) is 14.7. The van der Waals surface area contributed by atoms with E-state index in [0.29, 0.717) is 16.1 Å². The number of hydrogen-bond acceptors (Lipinski definition) is 2. The first kappa shape index (κ1) is 12.4. The Morgan fingerprint density at radius 2 is 2.24 bits per heavy atom. The van der Waals surface area contributed by atoms with Gasteiger partial charge in [0, 0.05) is 18.2 Å². The molecule has 17 heavy (non-hydrogen) atoms. The maximum absolute atomic E-state index is 12.3. The van der Waals surface area contributed by atoms with Gasteiger partial charge in [0.2, 0.25) is 0 Å². The summed E-state index contributed by atoms with van der Waals surface area (Å²) in [5.74, 6) is 0.139. The fourth-order valence-electron chi connectivity index (χ4n) is 1.89. The molecule has 1 aliphatic rings. The second-order valence-corrected chi connectivity index (χ2v) is 5.25. The van der Waals surface area contributed by atoms with E-state index in [4.69, 9.17) is 0 Å². The lowest BCUT2D eigenvalue weighted by Crippen LogP contribution is -2.33. The molecule has 0 aliphatic heterocycles. The van der Waals surface area contributed by atoms with Gasteiger partial charge in [0.05, 0.1) is 4.47 Å². The molecule has 92 valence electrons. The lowest BCUT2D eigenvalue weighted by molar-refractivity contribution is 0.0742. The molecular formula is C13H16BrNO2. The molecule has 1 fully saturated rings. The molecule has 2 rings (SSSR count). The van der Waals surface area contributed by atoms with Crippen LogP contribution in [0.3, 0.4) is 0 Å². The zero-order valence-corrected chi connectivity index (χ0v) is 11.4. The lowest BCUT2D eigenvalue weighted by atomic mass is 10.2. The number of phenolic OH excluding ortho intramolecular Hbond substituents is 1. The molecule has 1 aromatic rings. The second kappa shape index (κ2) is 5.08. The first-order chi connectivity index (χ1) is 8.13. The number of phenols is 1. The molecule has 3 nitrogen and oxygen atoms in total. The van der Waals surface area contributed by atoms with Crippen LogP contribution in [0, 0.1) is 0 Å². The molecule has 0 spiro atoms. The number of halogens is 1. The highest BCUT2D eigenvalue weighted by Crippen LogP contribution is 2.30. The summed E-state index contributed by atoms with van der Waals surface area (Å²) in [4.78, 5) is 14.2. The van der Waals surface area contributed by atoms with Gasteiger partial charge in [-0.2, -0.15) is 0 Å². The highest BCUT2D eigenvalue weighted by atomic mass is 79.9. The largest absolute Gasteiger partial charge is 0.507 e. The van der Waals surface area contributed by atoms with E-state index in [2.05, 4.69) is 22.9 Å². The lowest BCUT2D eigenvalue weighted by Gasteiger charge is -2.21. The second-order valence-electron chi connectivity index (χ2n) is 4.40. The van der Waals surface area contributed by atoms with Crippen LogP contribution >= 0.6 is 15.9 Å². The third kappa shape index (κ3) is 2.80. The first-order valence-corrected chi connectivity index (χ1v) is 6.72. The summed E-state index contributed by atoms with van der Waals surface area (Å²) in [5.41, 5.74) is 0.561. The molecule has 1 saturated carbocycles. The van der Waals surface area contributed by atoms with E-state index in [1.165, 1.54) is 6.07 Å². The molecule has 4 heteroatoms. The minimum atomic E-state index is 0.0251. The van der Waals surface area contributed by atoms with Crippen molar-refractivity contribution in [1.29, 1.82) is 0 Å². The minimum absolute atomic E-state index is 0.0251. The minimum Gasteiger partial charge on any atom is -0.507 e. The number of hydrogen-bond donors (Lipinski definition) is 1. The van der Waals surface area contributed by atoms with E-state index < -0.39 is 0 Å². The fourth-order valence-corrected chi connectivity index (χ4v) is 2.14. The first-order valence-electron chi connectivity index (χ1n) is 5.93. The predicted octanol–water partition coefficient (Wildman–Crippen LogP) is 3.17. The topological polar surface area (TPSA) is 40.5 Å². The van der Waals surface area contributed by atoms with E-state index >= 15 is 0 Å². The van der Waals surface area contributed by atoms with Crippen molar-refractivity contribution < 1.29 is 9.90 Å². The van der Waals surface area contributed by atoms with Crippen molar-refractivity contribution >= 4 is 21.8 Å². The quantitative estimate of drug-likeness (QED) is 0.927. The molecule has 1 aromatic carbocycles. The molecule has 0 saturated heterocycles. The molecule has 0 heterocycles. The van der Waals surface area contributed by atoms with E-state index in [9.17, 15) is 9.90 Å². The van der Waals surface area contributed by atoms with E-state index in [1.807, 2.05) is 4.90 Å². The maximum atomic E-state index is 12.3. The van der Waals surface area contributed by atoms with Crippen molar-refractivity contribution in [3.05, 3.63) is 28.2 Å². The van der Waals surface area contributed by atoms with Crippen molar-refractivity contribution in [1.82, 2.24) is 4.90 Å².